The van der Waals surface area contributed by atoms with Gasteiger partial charge in [-0.25, -0.2) is 0 Å². The summed E-state index contributed by atoms with van der Waals surface area (Å²) in [6.07, 6.45) is 9.07. The maximum Gasteiger partial charge on any atom is 0.264 e. The molecule has 0 radical (unpaired) electrons. The lowest BCUT2D eigenvalue weighted by Crippen LogP contribution is -2.49. The van der Waals surface area contributed by atoms with E-state index >= 15 is 0 Å². The molecule has 0 saturated carbocycles. The van der Waals surface area contributed by atoms with Crippen LogP contribution in [0, 0.1) is 23.7 Å². The van der Waals surface area contributed by atoms with E-state index in [0.29, 0.717) is 19.6 Å². The first-order valence-electron chi connectivity index (χ1n) is 9.93. The van der Waals surface area contributed by atoms with Crippen LogP contribution in [0.25, 0.3) is 17.0 Å². The second-order valence-corrected chi connectivity index (χ2v) is 7.22. The van der Waals surface area contributed by atoms with Gasteiger partial charge in [0.1, 0.15) is 11.6 Å². The number of rotatable bonds is 4. The molecule has 1 fully saturated rings. The van der Waals surface area contributed by atoms with Crippen molar-refractivity contribution in [2.24, 2.45) is 0 Å². The van der Waals surface area contributed by atoms with Crippen LogP contribution in [0.15, 0.2) is 66.4 Å². The van der Waals surface area contributed by atoms with E-state index in [9.17, 15) is 10.1 Å². The number of aromatic nitrogens is 1. The minimum atomic E-state index is -0.223. The van der Waals surface area contributed by atoms with E-state index in [0.717, 1.165) is 35.2 Å². The number of terminal acetylenes is 1. The number of carbonyl (C=O) groups is 1. The van der Waals surface area contributed by atoms with Crippen molar-refractivity contribution in [3.05, 3.63) is 71.9 Å². The number of carbonyl (C=O) groups excluding carboxylic acids is 1. The van der Waals surface area contributed by atoms with Gasteiger partial charge >= 0.3 is 0 Å². The Kier molecular flexibility index (Phi) is 5.54. The van der Waals surface area contributed by atoms with Crippen LogP contribution in [0.2, 0.25) is 0 Å². The maximum absolute atomic E-state index is 13.0. The van der Waals surface area contributed by atoms with Crippen LogP contribution in [0.1, 0.15) is 5.56 Å². The van der Waals surface area contributed by atoms with Crippen molar-refractivity contribution in [2.75, 3.05) is 31.1 Å². The number of nitriles is 1. The molecule has 0 N–H and O–H groups in total. The van der Waals surface area contributed by atoms with E-state index in [-0.39, 0.29) is 11.5 Å². The van der Waals surface area contributed by atoms with E-state index in [4.69, 9.17) is 6.42 Å². The van der Waals surface area contributed by atoms with Gasteiger partial charge < -0.3 is 14.4 Å². The van der Waals surface area contributed by atoms with Crippen LogP contribution in [0.5, 0.6) is 0 Å². The van der Waals surface area contributed by atoms with Crippen molar-refractivity contribution in [3.63, 3.8) is 0 Å². The average Bonchev–Trinajstić information content (AvgIpc) is 3.15. The lowest BCUT2D eigenvalue weighted by atomic mass is 10.1. The van der Waals surface area contributed by atoms with Gasteiger partial charge in [0.2, 0.25) is 0 Å². The largest absolute Gasteiger partial charge is 0.368 e. The Morgan fingerprint density at radius 3 is 2.43 bits per heavy atom. The molecule has 4 rings (SSSR count). The first-order chi connectivity index (χ1) is 14.7. The topological polar surface area (TPSA) is 52.3 Å². The summed E-state index contributed by atoms with van der Waals surface area (Å²) in [6.45, 7) is 3.11. The smallest absolute Gasteiger partial charge is 0.264 e. The number of amides is 1. The molecule has 2 heterocycles. The van der Waals surface area contributed by atoms with E-state index in [2.05, 4.69) is 29.0 Å². The lowest BCUT2D eigenvalue weighted by Gasteiger charge is -2.36. The molecule has 2 aromatic carbocycles. The lowest BCUT2D eigenvalue weighted by molar-refractivity contribution is -0.126. The Morgan fingerprint density at radius 2 is 1.73 bits per heavy atom. The Bertz CT molecular complexity index is 1170. The molecule has 1 amide bonds. The number of benzene rings is 2. The highest BCUT2D eigenvalue weighted by atomic mass is 16.2. The van der Waals surface area contributed by atoms with Gasteiger partial charge in [-0.3, -0.25) is 4.79 Å². The zero-order chi connectivity index (χ0) is 20.9. The van der Waals surface area contributed by atoms with Gasteiger partial charge in [-0.15, -0.1) is 6.42 Å². The summed E-state index contributed by atoms with van der Waals surface area (Å²) in [7, 11) is 0. The molecule has 148 valence electrons. The second-order valence-electron chi connectivity index (χ2n) is 7.22. The molecule has 5 nitrogen and oxygen atoms in total. The van der Waals surface area contributed by atoms with Gasteiger partial charge in [-0.2, -0.15) is 5.26 Å². The molecule has 3 aromatic rings. The van der Waals surface area contributed by atoms with Crippen LogP contribution in [-0.2, 0) is 11.3 Å². The normalized spacial score (nSPS) is 14.4. The molecule has 0 bridgehead atoms. The summed E-state index contributed by atoms with van der Waals surface area (Å²) >= 11 is 0. The van der Waals surface area contributed by atoms with E-state index < -0.39 is 0 Å². The van der Waals surface area contributed by atoms with Crippen molar-refractivity contribution in [2.45, 2.75) is 6.54 Å². The summed E-state index contributed by atoms with van der Waals surface area (Å²) in [5, 5.41) is 10.7. The van der Waals surface area contributed by atoms with Crippen LogP contribution < -0.4 is 4.90 Å². The molecule has 30 heavy (non-hydrogen) atoms. The highest BCUT2D eigenvalue weighted by molar-refractivity contribution is 6.04. The van der Waals surface area contributed by atoms with E-state index in [1.807, 2.05) is 53.2 Å². The molecule has 1 aliphatic heterocycles. The SMILES string of the molecule is C#CCn1cc(/C=C(/C#N)C(=O)N2CCN(c3ccccc3)CC2)c2ccccc21. The van der Waals surface area contributed by atoms with Crippen molar-refractivity contribution in [3.8, 4) is 18.4 Å². The number of fused-ring (bicyclic) bond motifs is 1. The van der Waals surface area contributed by atoms with Crippen LogP contribution in [0.3, 0.4) is 0 Å². The quantitative estimate of drug-likeness (QED) is 0.386. The number of anilines is 1. The molecule has 0 atom stereocenters. The Hall–Kier alpha value is -3.96. The van der Waals surface area contributed by atoms with Crippen LogP contribution >= 0.6 is 0 Å². The monoisotopic (exact) mass is 394 g/mol. The number of nitrogens with zero attached hydrogens (tertiary/aromatic N) is 4. The predicted molar refractivity (Wildman–Crippen MR) is 120 cm³/mol. The van der Waals surface area contributed by atoms with Gasteiger partial charge in [0.05, 0.1) is 6.54 Å². The standard InChI is InChI=1S/C25H22N4O/c1-2-12-29-19-21(23-10-6-7-11-24(23)29)17-20(18-26)25(30)28-15-13-27(14-16-28)22-8-4-3-5-9-22/h1,3-11,17,19H,12-16H2/b20-17-. The second kappa shape index (κ2) is 8.59. The Labute approximate surface area is 176 Å². The number of hydrogen-bond donors (Lipinski definition) is 0. The first kappa shape index (κ1) is 19.4. The molecule has 1 aromatic heterocycles. The van der Waals surface area contributed by atoms with Crippen molar-refractivity contribution >= 4 is 28.6 Å². The highest BCUT2D eigenvalue weighted by Gasteiger charge is 2.24. The fourth-order valence-corrected chi connectivity index (χ4v) is 3.89. The third-order valence-electron chi connectivity index (χ3n) is 5.42. The van der Waals surface area contributed by atoms with Crippen LogP contribution in [-0.4, -0.2) is 41.6 Å². The third kappa shape index (κ3) is 3.79. The summed E-state index contributed by atoms with van der Waals surface area (Å²) in [4.78, 5) is 17.0. The number of hydrogen-bond acceptors (Lipinski definition) is 3. The molecule has 1 aliphatic rings. The molecule has 5 heteroatoms. The zero-order valence-electron chi connectivity index (χ0n) is 16.7. The summed E-state index contributed by atoms with van der Waals surface area (Å²) in [5.74, 6) is 2.42. The fraction of sp³-hybridized carbons (Fsp3) is 0.200. The fourth-order valence-electron chi connectivity index (χ4n) is 3.89. The molecule has 1 saturated heterocycles. The van der Waals surface area contributed by atoms with Crippen molar-refractivity contribution in [1.29, 1.82) is 5.26 Å². The first-order valence-corrected chi connectivity index (χ1v) is 9.93. The van der Waals surface area contributed by atoms with Gasteiger partial charge in [0.25, 0.3) is 5.91 Å². The average molecular weight is 394 g/mol. The molecule has 0 unspecified atom stereocenters. The van der Waals surface area contributed by atoms with Gasteiger partial charge in [-0.1, -0.05) is 42.3 Å². The van der Waals surface area contributed by atoms with Gasteiger partial charge in [0.15, 0.2) is 0 Å². The number of piperazine rings is 1. The van der Waals surface area contributed by atoms with Crippen LogP contribution in [0.4, 0.5) is 5.69 Å². The minimum absolute atomic E-state index is 0.145. The molecular weight excluding hydrogens is 372 g/mol. The predicted octanol–water partition coefficient (Wildman–Crippen LogP) is 3.53. The summed E-state index contributed by atoms with van der Waals surface area (Å²) < 4.78 is 1.96. The number of para-hydroxylation sites is 2. The molecular formula is C25H22N4O. The minimum Gasteiger partial charge on any atom is -0.368 e. The Balaban J connectivity index is 1.54. The van der Waals surface area contributed by atoms with Crippen molar-refractivity contribution in [1.82, 2.24) is 9.47 Å². The van der Waals surface area contributed by atoms with Gasteiger partial charge in [0, 0.05) is 54.5 Å². The van der Waals surface area contributed by atoms with E-state index in [1.54, 1.807) is 11.0 Å². The third-order valence-corrected chi connectivity index (χ3v) is 5.42. The van der Waals surface area contributed by atoms with E-state index in [1.165, 1.54) is 0 Å². The van der Waals surface area contributed by atoms with Gasteiger partial charge in [-0.05, 0) is 24.3 Å². The highest BCUT2D eigenvalue weighted by Crippen LogP contribution is 2.24. The summed E-state index contributed by atoms with van der Waals surface area (Å²) in [6, 6.07) is 20.1. The summed E-state index contributed by atoms with van der Waals surface area (Å²) in [5.41, 5.74) is 3.12. The zero-order valence-corrected chi connectivity index (χ0v) is 16.7. The molecule has 0 spiro atoms. The van der Waals surface area contributed by atoms with Crippen molar-refractivity contribution < 1.29 is 4.79 Å². The Morgan fingerprint density at radius 1 is 1.03 bits per heavy atom. The maximum atomic E-state index is 13.0. The molecule has 0 aliphatic carbocycles.